The van der Waals surface area contributed by atoms with E-state index >= 15 is 0 Å². The molecule has 1 heterocycles. The number of aromatic nitrogens is 2. The number of aryl methyl sites for hydroxylation is 1. The number of imidazole rings is 1. The molecule has 0 aliphatic rings. The molecule has 7 heteroatoms. The van der Waals surface area contributed by atoms with Gasteiger partial charge in [-0.1, -0.05) is 48.5 Å². The summed E-state index contributed by atoms with van der Waals surface area (Å²) in [5.74, 6) is 0.258. The number of ether oxygens (including phenoxy) is 1. The maximum absolute atomic E-state index is 12.5. The molecule has 2 aromatic carbocycles. The van der Waals surface area contributed by atoms with Gasteiger partial charge in [0.15, 0.2) is 5.96 Å². The van der Waals surface area contributed by atoms with Crippen molar-refractivity contribution in [3.8, 4) is 0 Å². The molecule has 3 aromatic rings. The summed E-state index contributed by atoms with van der Waals surface area (Å²) >= 11 is 0. The molecule has 0 spiro atoms. The molecular formula is C23H27N5O2. The number of nitrogens with one attached hydrogen (secondary N) is 3. The molecule has 1 aromatic heterocycles. The van der Waals surface area contributed by atoms with Crippen LogP contribution in [0.15, 0.2) is 78.2 Å². The van der Waals surface area contributed by atoms with E-state index in [-0.39, 0.29) is 5.91 Å². The van der Waals surface area contributed by atoms with E-state index in [1.807, 2.05) is 54.7 Å². The van der Waals surface area contributed by atoms with Crippen molar-refractivity contribution in [3.63, 3.8) is 0 Å². The van der Waals surface area contributed by atoms with Crippen molar-refractivity contribution in [2.75, 3.05) is 19.7 Å². The Morgan fingerprint density at radius 3 is 2.57 bits per heavy atom. The molecular weight excluding hydrogens is 378 g/mol. The quantitative estimate of drug-likeness (QED) is 0.275. The second-order valence-electron chi connectivity index (χ2n) is 6.68. The largest absolute Gasteiger partial charge is 0.375 e. The molecule has 0 fully saturated rings. The molecule has 0 saturated heterocycles. The molecule has 0 aliphatic carbocycles. The highest BCUT2D eigenvalue weighted by atomic mass is 16.5. The van der Waals surface area contributed by atoms with Gasteiger partial charge in [0.25, 0.3) is 5.91 Å². The number of guanidine groups is 1. The number of aliphatic imine (C=N–C) groups is 1. The molecule has 0 bridgehead atoms. The third-order valence-corrected chi connectivity index (χ3v) is 4.33. The van der Waals surface area contributed by atoms with E-state index in [0.717, 1.165) is 24.1 Å². The zero-order valence-electron chi connectivity index (χ0n) is 16.9. The van der Waals surface area contributed by atoms with Gasteiger partial charge in [0.1, 0.15) is 0 Å². The van der Waals surface area contributed by atoms with Crippen molar-refractivity contribution in [1.29, 1.82) is 0 Å². The summed E-state index contributed by atoms with van der Waals surface area (Å²) in [4.78, 5) is 24.2. The molecule has 0 aliphatic heterocycles. The predicted octanol–water partition coefficient (Wildman–Crippen LogP) is 2.93. The Balaban J connectivity index is 1.47. The lowest BCUT2D eigenvalue weighted by molar-refractivity contribution is 0.0974. The van der Waals surface area contributed by atoms with Crippen molar-refractivity contribution < 1.29 is 9.53 Å². The van der Waals surface area contributed by atoms with E-state index < -0.39 is 0 Å². The first-order valence-electron chi connectivity index (χ1n) is 10.1. The average Bonchev–Trinajstić information content (AvgIpc) is 3.31. The second kappa shape index (κ2) is 12.2. The van der Waals surface area contributed by atoms with Crippen LogP contribution in [0, 0.1) is 0 Å². The van der Waals surface area contributed by atoms with Crippen LogP contribution in [0.1, 0.15) is 28.0 Å². The number of hydrogen-bond donors (Lipinski definition) is 3. The highest BCUT2D eigenvalue weighted by Gasteiger charge is 2.08. The fraction of sp³-hybridized carbons (Fsp3) is 0.261. The topological polar surface area (TPSA) is 91.4 Å². The van der Waals surface area contributed by atoms with Gasteiger partial charge in [0.05, 0.1) is 25.2 Å². The van der Waals surface area contributed by atoms with Gasteiger partial charge < -0.3 is 15.0 Å². The minimum absolute atomic E-state index is 0.195. The summed E-state index contributed by atoms with van der Waals surface area (Å²) in [6.07, 6.45) is 5.21. The highest BCUT2D eigenvalue weighted by molar-refractivity contribution is 6.05. The van der Waals surface area contributed by atoms with Gasteiger partial charge >= 0.3 is 0 Å². The maximum atomic E-state index is 12.5. The fourth-order valence-corrected chi connectivity index (χ4v) is 2.79. The summed E-state index contributed by atoms with van der Waals surface area (Å²) in [5, 5.41) is 6.03. The first-order chi connectivity index (χ1) is 14.8. The highest BCUT2D eigenvalue weighted by Crippen LogP contribution is 2.01. The van der Waals surface area contributed by atoms with Crippen LogP contribution in [0.4, 0.5) is 0 Å². The van der Waals surface area contributed by atoms with E-state index in [9.17, 15) is 4.79 Å². The summed E-state index contributed by atoms with van der Waals surface area (Å²) in [7, 11) is 0. The van der Waals surface area contributed by atoms with Crippen molar-refractivity contribution in [2.24, 2.45) is 4.99 Å². The number of nitrogens with zero attached hydrogens (tertiary/aromatic N) is 2. The minimum atomic E-state index is -0.195. The Morgan fingerprint density at radius 2 is 1.83 bits per heavy atom. The lowest BCUT2D eigenvalue weighted by Crippen LogP contribution is -2.42. The minimum Gasteiger partial charge on any atom is -0.375 e. The Labute approximate surface area is 176 Å². The van der Waals surface area contributed by atoms with Crippen LogP contribution in [-0.4, -0.2) is 41.5 Å². The molecule has 0 atom stereocenters. The Bertz CT molecular complexity index is 896. The molecule has 3 rings (SSSR count). The molecule has 0 unspecified atom stereocenters. The van der Waals surface area contributed by atoms with Crippen LogP contribution in [0.3, 0.4) is 0 Å². The van der Waals surface area contributed by atoms with Gasteiger partial charge in [0, 0.05) is 24.8 Å². The van der Waals surface area contributed by atoms with Crippen molar-refractivity contribution in [1.82, 2.24) is 20.6 Å². The van der Waals surface area contributed by atoms with Gasteiger partial charge in [-0.2, -0.15) is 0 Å². The van der Waals surface area contributed by atoms with Crippen LogP contribution < -0.4 is 10.6 Å². The molecule has 0 saturated carbocycles. The zero-order chi connectivity index (χ0) is 20.9. The SMILES string of the molecule is O=C(NC(=NCCCc1c[nH]cn1)NCCOCc1ccccc1)c1ccccc1. The Kier molecular flexibility index (Phi) is 8.64. The van der Waals surface area contributed by atoms with Crippen molar-refractivity contribution >= 4 is 11.9 Å². The van der Waals surface area contributed by atoms with Gasteiger partial charge in [-0.25, -0.2) is 4.98 Å². The van der Waals surface area contributed by atoms with E-state index in [4.69, 9.17) is 4.74 Å². The lowest BCUT2D eigenvalue weighted by Gasteiger charge is -2.12. The summed E-state index contributed by atoms with van der Waals surface area (Å²) < 4.78 is 5.69. The van der Waals surface area contributed by atoms with Gasteiger partial charge in [-0.05, 0) is 30.5 Å². The number of benzene rings is 2. The van der Waals surface area contributed by atoms with Crippen LogP contribution in [0.2, 0.25) is 0 Å². The van der Waals surface area contributed by atoms with Gasteiger partial charge in [-0.3, -0.25) is 15.1 Å². The average molecular weight is 406 g/mol. The third-order valence-electron chi connectivity index (χ3n) is 4.33. The van der Waals surface area contributed by atoms with Crippen LogP contribution in [0.25, 0.3) is 0 Å². The molecule has 156 valence electrons. The summed E-state index contributed by atoms with van der Waals surface area (Å²) in [6.45, 7) is 2.17. The monoisotopic (exact) mass is 405 g/mol. The molecule has 0 radical (unpaired) electrons. The molecule has 7 nitrogen and oxygen atoms in total. The van der Waals surface area contributed by atoms with Gasteiger partial charge in [-0.15, -0.1) is 0 Å². The Hall–Kier alpha value is -3.45. The number of hydrogen-bond acceptors (Lipinski definition) is 4. The maximum Gasteiger partial charge on any atom is 0.257 e. The first kappa shape index (κ1) is 21.3. The predicted molar refractivity (Wildman–Crippen MR) is 117 cm³/mol. The molecule has 3 N–H and O–H groups in total. The fourth-order valence-electron chi connectivity index (χ4n) is 2.79. The Morgan fingerprint density at radius 1 is 1.07 bits per heavy atom. The van der Waals surface area contributed by atoms with Gasteiger partial charge in [0.2, 0.25) is 0 Å². The lowest BCUT2D eigenvalue weighted by atomic mass is 10.2. The van der Waals surface area contributed by atoms with Crippen molar-refractivity contribution in [2.45, 2.75) is 19.4 Å². The molecule has 30 heavy (non-hydrogen) atoms. The van der Waals surface area contributed by atoms with E-state index in [1.165, 1.54) is 0 Å². The smallest absolute Gasteiger partial charge is 0.257 e. The van der Waals surface area contributed by atoms with E-state index in [1.54, 1.807) is 18.5 Å². The number of rotatable bonds is 10. The number of carbonyl (C=O) groups excluding carboxylic acids is 1. The second-order valence-corrected chi connectivity index (χ2v) is 6.68. The summed E-state index contributed by atoms with van der Waals surface area (Å²) in [6, 6.07) is 19.1. The zero-order valence-corrected chi connectivity index (χ0v) is 16.9. The van der Waals surface area contributed by atoms with E-state index in [0.29, 0.717) is 37.8 Å². The number of amides is 1. The van der Waals surface area contributed by atoms with Crippen LogP contribution in [-0.2, 0) is 17.8 Å². The number of aromatic amines is 1. The molecule has 1 amide bonds. The van der Waals surface area contributed by atoms with E-state index in [2.05, 4.69) is 25.6 Å². The van der Waals surface area contributed by atoms with Crippen LogP contribution in [0.5, 0.6) is 0 Å². The standard InChI is InChI=1S/C23H27N5O2/c29-22(20-10-5-2-6-11-20)28-23(25-13-7-12-21-16-24-18-27-21)26-14-15-30-17-19-8-3-1-4-9-19/h1-6,8-11,16,18H,7,12-15,17H2,(H,24,27)(H2,25,26,28,29). The normalized spacial score (nSPS) is 11.3. The number of H-pyrrole nitrogens is 1. The van der Waals surface area contributed by atoms with Crippen molar-refractivity contribution in [3.05, 3.63) is 90.0 Å². The van der Waals surface area contributed by atoms with Crippen LogP contribution >= 0.6 is 0 Å². The summed E-state index contributed by atoms with van der Waals surface area (Å²) in [5.41, 5.74) is 2.72. The third kappa shape index (κ3) is 7.52. The first-order valence-corrected chi connectivity index (χ1v) is 10.1. The number of carbonyl (C=O) groups is 1.